The fourth-order valence-electron chi connectivity index (χ4n) is 3.04. The van der Waals surface area contributed by atoms with Crippen molar-refractivity contribution >= 4 is 5.69 Å². The predicted molar refractivity (Wildman–Crippen MR) is 96.1 cm³/mol. The Balaban J connectivity index is 1.25. The van der Waals surface area contributed by atoms with Gasteiger partial charge in [-0.15, -0.1) is 0 Å². The van der Waals surface area contributed by atoms with E-state index in [0.717, 1.165) is 19.7 Å². The molecular weight excluding hydrogens is 300 g/mol. The summed E-state index contributed by atoms with van der Waals surface area (Å²) < 4.78 is 11.4. The van der Waals surface area contributed by atoms with Crippen molar-refractivity contribution in [2.75, 3.05) is 37.8 Å². The van der Waals surface area contributed by atoms with Crippen LogP contribution >= 0.6 is 0 Å². The maximum atomic E-state index is 5.80. The van der Waals surface area contributed by atoms with Gasteiger partial charge in [-0.25, -0.2) is 0 Å². The average Bonchev–Trinajstić information content (AvgIpc) is 2.67. The summed E-state index contributed by atoms with van der Waals surface area (Å²) in [5.41, 5.74) is 2.49. The number of piperidine rings is 1. The summed E-state index contributed by atoms with van der Waals surface area (Å²) in [6, 6.07) is 14.4. The number of ether oxygens (including phenoxy) is 2. The molecule has 2 heterocycles. The lowest BCUT2D eigenvalue weighted by molar-refractivity contribution is 0.0242. The molecule has 1 aromatic carbocycles. The molecule has 0 unspecified atom stereocenters. The van der Waals surface area contributed by atoms with Crippen molar-refractivity contribution in [1.29, 1.82) is 0 Å². The molecule has 128 valence electrons. The van der Waals surface area contributed by atoms with Crippen molar-refractivity contribution in [1.82, 2.24) is 4.98 Å². The summed E-state index contributed by atoms with van der Waals surface area (Å²) in [7, 11) is 0. The van der Waals surface area contributed by atoms with E-state index in [1.54, 1.807) is 0 Å². The van der Waals surface area contributed by atoms with Gasteiger partial charge in [0.05, 0.1) is 19.8 Å². The standard InChI is InChI=1S/C20H26N2O2/c1-2-4-18(5-3-1)16-23-14-15-24-17-19-8-12-22(13-9-19)20-6-10-21-11-7-20/h1-7,10-11,19H,8-9,12-17H2. The molecule has 0 saturated carbocycles. The number of pyridine rings is 1. The lowest BCUT2D eigenvalue weighted by Gasteiger charge is -2.33. The zero-order valence-electron chi connectivity index (χ0n) is 14.1. The second kappa shape index (κ2) is 9.40. The molecule has 24 heavy (non-hydrogen) atoms. The molecular formula is C20H26N2O2. The number of hydrogen-bond acceptors (Lipinski definition) is 4. The number of rotatable bonds is 8. The Kier molecular flexibility index (Phi) is 6.63. The quantitative estimate of drug-likeness (QED) is 0.695. The summed E-state index contributed by atoms with van der Waals surface area (Å²) >= 11 is 0. The Hall–Kier alpha value is -1.91. The van der Waals surface area contributed by atoms with Gasteiger partial charge in [0, 0.05) is 37.8 Å². The van der Waals surface area contributed by atoms with Gasteiger partial charge in [0.1, 0.15) is 0 Å². The Morgan fingerprint density at radius 2 is 1.62 bits per heavy atom. The highest BCUT2D eigenvalue weighted by atomic mass is 16.5. The van der Waals surface area contributed by atoms with Gasteiger partial charge in [-0.3, -0.25) is 4.98 Å². The summed E-state index contributed by atoms with van der Waals surface area (Å²) in [6.07, 6.45) is 6.10. The first-order valence-corrected chi connectivity index (χ1v) is 8.76. The maximum absolute atomic E-state index is 5.80. The van der Waals surface area contributed by atoms with Gasteiger partial charge in [0.2, 0.25) is 0 Å². The van der Waals surface area contributed by atoms with Crippen LogP contribution in [0.5, 0.6) is 0 Å². The average molecular weight is 326 g/mol. The second-order valence-corrected chi connectivity index (χ2v) is 6.25. The monoisotopic (exact) mass is 326 g/mol. The Morgan fingerprint density at radius 3 is 2.38 bits per heavy atom. The molecule has 3 rings (SSSR count). The van der Waals surface area contributed by atoms with Gasteiger partial charge in [0.15, 0.2) is 0 Å². The van der Waals surface area contributed by atoms with Crippen molar-refractivity contribution in [2.45, 2.75) is 19.4 Å². The molecule has 0 atom stereocenters. The van der Waals surface area contributed by atoms with Crippen molar-refractivity contribution in [3.63, 3.8) is 0 Å². The lowest BCUT2D eigenvalue weighted by atomic mass is 9.97. The lowest BCUT2D eigenvalue weighted by Crippen LogP contribution is -2.35. The van der Waals surface area contributed by atoms with Crippen LogP contribution in [0.2, 0.25) is 0 Å². The largest absolute Gasteiger partial charge is 0.379 e. The number of anilines is 1. The third-order valence-corrected chi connectivity index (χ3v) is 4.48. The van der Waals surface area contributed by atoms with Crippen LogP contribution in [-0.2, 0) is 16.1 Å². The van der Waals surface area contributed by atoms with E-state index < -0.39 is 0 Å². The number of aromatic nitrogens is 1. The smallest absolute Gasteiger partial charge is 0.0718 e. The van der Waals surface area contributed by atoms with Crippen LogP contribution < -0.4 is 4.90 Å². The first-order chi connectivity index (χ1) is 11.9. The van der Waals surface area contributed by atoms with E-state index in [9.17, 15) is 0 Å². The Morgan fingerprint density at radius 1 is 0.917 bits per heavy atom. The Bertz CT molecular complexity index is 569. The molecule has 0 aliphatic carbocycles. The van der Waals surface area contributed by atoms with E-state index in [2.05, 4.69) is 34.1 Å². The van der Waals surface area contributed by atoms with Crippen LogP contribution in [-0.4, -0.2) is 37.9 Å². The molecule has 2 aromatic rings. The molecule has 1 fully saturated rings. The summed E-state index contributed by atoms with van der Waals surface area (Å²) in [5.74, 6) is 0.664. The first kappa shape index (κ1) is 16.9. The van der Waals surface area contributed by atoms with Crippen LogP contribution in [0.4, 0.5) is 5.69 Å². The normalized spacial score (nSPS) is 15.6. The van der Waals surface area contributed by atoms with Crippen LogP contribution in [0, 0.1) is 5.92 Å². The molecule has 0 bridgehead atoms. The molecule has 1 aliphatic rings. The van der Waals surface area contributed by atoms with E-state index in [0.29, 0.717) is 25.7 Å². The fraction of sp³-hybridized carbons (Fsp3) is 0.450. The van der Waals surface area contributed by atoms with E-state index >= 15 is 0 Å². The summed E-state index contributed by atoms with van der Waals surface area (Å²) in [5, 5.41) is 0. The SMILES string of the molecule is c1ccc(COCCOCC2CCN(c3ccncc3)CC2)cc1. The number of nitrogens with zero attached hydrogens (tertiary/aromatic N) is 2. The predicted octanol–water partition coefficient (Wildman–Crippen LogP) is 3.53. The highest BCUT2D eigenvalue weighted by molar-refractivity contribution is 5.44. The van der Waals surface area contributed by atoms with E-state index in [-0.39, 0.29) is 0 Å². The molecule has 4 nitrogen and oxygen atoms in total. The second-order valence-electron chi connectivity index (χ2n) is 6.25. The Labute approximate surface area is 144 Å². The molecule has 1 aromatic heterocycles. The van der Waals surface area contributed by atoms with E-state index in [1.165, 1.54) is 24.1 Å². The highest BCUT2D eigenvalue weighted by Gasteiger charge is 2.19. The van der Waals surface area contributed by atoms with Gasteiger partial charge >= 0.3 is 0 Å². The minimum absolute atomic E-state index is 0.657. The van der Waals surface area contributed by atoms with Crippen LogP contribution in [0.15, 0.2) is 54.9 Å². The molecule has 0 N–H and O–H groups in total. The first-order valence-electron chi connectivity index (χ1n) is 8.76. The van der Waals surface area contributed by atoms with Crippen molar-refractivity contribution in [3.05, 3.63) is 60.4 Å². The zero-order chi connectivity index (χ0) is 16.5. The summed E-state index contributed by atoms with van der Waals surface area (Å²) in [4.78, 5) is 6.51. The minimum Gasteiger partial charge on any atom is -0.379 e. The molecule has 0 spiro atoms. The molecule has 1 aliphatic heterocycles. The summed E-state index contributed by atoms with van der Waals surface area (Å²) in [6.45, 7) is 5.04. The molecule has 0 radical (unpaired) electrons. The molecule has 1 saturated heterocycles. The van der Waals surface area contributed by atoms with Crippen molar-refractivity contribution in [2.24, 2.45) is 5.92 Å². The van der Waals surface area contributed by atoms with Gasteiger partial charge < -0.3 is 14.4 Å². The third kappa shape index (κ3) is 5.32. The number of hydrogen-bond donors (Lipinski definition) is 0. The molecule has 0 amide bonds. The van der Waals surface area contributed by atoms with Gasteiger partial charge in [-0.05, 0) is 36.5 Å². The van der Waals surface area contributed by atoms with Crippen LogP contribution in [0.3, 0.4) is 0 Å². The van der Waals surface area contributed by atoms with Gasteiger partial charge in [-0.2, -0.15) is 0 Å². The minimum atomic E-state index is 0.657. The van der Waals surface area contributed by atoms with Gasteiger partial charge in [0.25, 0.3) is 0 Å². The van der Waals surface area contributed by atoms with Crippen LogP contribution in [0.25, 0.3) is 0 Å². The van der Waals surface area contributed by atoms with Crippen molar-refractivity contribution in [3.8, 4) is 0 Å². The number of benzene rings is 1. The van der Waals surface area contributed by atoms with E-state index in [4.69, 9.17) is 9.47 Å². The third-order valence-electron chi connectivity index (χ3n) is 4.48. The zero-order valence-corrected chi connectivity index (χ0v) is 14.1. The topological polar surface area (TPSA) is 34.6 Å². The maximum Gasteiger partial charge on any atom is 0.0718 e. The molecule has 4 heteroatoms. The van der Waals surface area contributed by atoms with Crippen LogP contribution in [0.1, 0.15) is 18.4 Å². The van der Waals surface area contributed by atoms with Gasteiger partial charge in [-0.1, -0.05) is 30.3 Å². The van der Waals surface area contributed by atoms with Crippen molar-refractivity contribution < 1.29 is 9.47 Å². The fourth-order valence-corrected chi connectivity index (χ4v) is 3.04. The van der Waals surface area contributed by atoms with E-state index in [1.807, 2.05) is 30.6 Å². The highest BCUT2D eigenvalue weighted by Crippen LogP contribution is 2.22.